The van der Waals surface area contributed by atoms with Crippen LogP contribution >= 0.6 is 11.8 Å². The number of aromatic nitrogens is 4. The van der Waals surface area contributed by atoms with Crippen molar-refractivity contribution in [2.75, 3.05) is 12.4 Å². The molecule has 0 fully saturated rings. The second-order valence-electron chi connectivity index (χ2n) is 4.01. The monoisotopic (exact) mass is 304 g/mol. The fourth-order valence-corrected chi connectivity index (χ4v) is 2.39. The molecule has 108 valence electrons. The van der Waals surface area contributed by atoms with Gasteiger partial charge in [-0.05, 0) is 25.1 Å². The largest absolute Gasteiger partial charge is 0.465 e. The summed E-state index contributed by atoms with van der Waals surface area (Å²) in [6.07, 6.45) is 3.23. The van der Waals surface area contributed by atoms with Gasteiger partial charge in [0, 0.05) is 6.20 Å². The molecule has 0 saturated carbocycles. The summed E-state index contributed by atoms with van der Waals surface area (Å²) in [6.45, 7) is 2.13. The van der Waals surface area contributed by atoms with Crippen molar-refractivity contribution in [1.82, 2.24) is 19.6 Å². The van der Waals surface area contributed by atoms with Crippen LogP contribution in [-0.2, 0) is 9.53 Å². The third-order valence-corrected chi connectivity index (χ3v) is 3.43. The molecule has 0 aromatic carbocycles. The SMILES string of the molecule is CCOC(=O)CSc1nc2nccc(-c3ccco3)n2n1. The quantitative estimate of drug-likeness (QED) is 0.527. The minimum Gasteiger partial charge on any atom is -0.465 e. The lowest BCUT2D eigenvalue weighted by molar-refractivity contribution is -0.139. The van der Waals surface area contributed by atoms with Gasteiger partial charge in [-0.15, -0.1) is 5.10 Å². The van der Waals surface area contributed by atoms with Crippen molar-refractivity contribution >= 4 is 23.5 Å². The third kappa shape index (κ3) is 2.89. The Hall–Kier alpha value is -2.35. The summed E-state index contributed by atoms with van der Waals surface area (Å²) in [6, 6.07) is 5.43. The van der Waals surface area contributed by atoms with Crippen LogP contribution in [0.1, 0.15) is 6.92 Å². The van der Waals surface area contributed by atoms with Gasteiger partial charge >= 0.3 is 5.97 Å². The molecule has 0 saturated heterocycles. The maximum atomic E-state index is 11.3. The number of thioether (sulfide) groups is 1. The van der Waals surface area contributed by atoms with E-state index in [2.05, 4.69) is 15.1 Å². The van der Waals surface area contributed by atoms with Crippen LogP contribution in [0.15, 0.2) is 40.2 Å². The zero-order valence-electron chi connectivity index (χ0n) is 11.2. The standard InChI is InChI=1S/C13H12N4O3S/c1-2-19-11(18)8-21-13-15-12-14-6-5-9(17(12)16-13)10-4-3-7-20-10/h3-7H,2,8H2,1H3. The van der Waals surface area contributed by atoms with E-state index < -0.39 is 0 Å². The molecule has 3 rings (SSSR count). The molecule has 7 nitrogen and oxygen atoms in total. The Balaban J connectivity index is 1.87. The first kappa shape index (κ1) is 13.6. The first-order valence-corrected chi connectivity index (χ1v) is 7.30. The van der Waals surface area contributed by atoms with Crippen LogP contribution in [0.4, 0.5) is 0 Å². The molecule has 0 aliphatic rings. The highest BCUT2D eigenvalue weighted by Gasteiger charge is 2.13. The average molecular weight is 304 g/mol. The first-order valence-electron chi connectivity index (χ1n) is 6.32. The molecule has 0 radical (unpaired) electrons. The van der Waals surface area contributed by atoms with Crippen molar-refractivity contribution < 1.29 is 13.9 Å². The highest BCUT2D eigenvalue weighted by Crippen LogP contribution is 2.21. The van der Waals surface area contributed by atoms with Gasteiger partial charge in [0.15, 0.2) is 5.76 Å². The number of hydrogen-bond acceptors (Lipinski definition) is 7. The van der Waals surface area contributed by atoms with Gasteiger partial charge in [0.25, 0.3) is 5.78 Å². The Kier molecular flexibility index (Phi) is 3.87. The molecule has 0 atom stereocenters. The van der Waals surface area contributed by atoms with Crippen LogP contribution in [-0.4, -0.2) is 37.9 Å². The zero-order valence-corrected chi connectivity index (χ0v) is 12.0. The summed E-state index contributed by atoms with van der Waals surface area (Å²) >= 11 is 1.21. The number of rotatable bonds is 5. The fourth-order valence-electron chi connectivity index (χ4n) is 1.77. The normalized spacial score (nSPS) is 10.9. The van der Waals surface area contributed by atoms with Crippen molar-refractivity contribution in [2.45, 2.75) is 12.1 Å². The zero-order chi connectivity index (χ0) is 14.7. The van der Waals surface area contributed by atoms with E-state index in [9.17, 15) is 4.79 Å². The highest BCUT2D eigenvalue weighted by molar-refractivity contribution is 7.99. The van der Waals surface area contributed by atoms with Gasteiger partial charge in [0.2, 0.25) is 5.16 Å². The Morgan fingerprint density at radius 2 is 2.38 bits per heavy atom. The van der Waals surface area contributed by atoms with E-state index in [0.717, 1.165) is 5.69 Å². The predicted molar refractivity (Wildman–Crippen MR) is 75.8 cm³/mol. The van der Waals surface area contributed by atoms with Gasteiger partial charge in [-0.25, -0.2) is 4.98 Å². The average Bonchev–Trinajstić information content (AvgIpc) is 3.14. The lowest BCUT2D eigenvalue weighted by Gasteiger charge is -1.99. The number of hydrogen-bond donors (Lipinski definition) is 0. The lowest BCUT2D eigenvalue weighted by Crippen LogP contribution is -2.06. The number of furan rings is 1. The van der Waals surface area contributed by atoms with Crippen molar-refractivity contribution in [1.29, 1.82) is 0 Å². The minimum atomic E-state index is -0.291. The summed E-state index contributed by atoms with van der Waals surface area (Å²) in [5.74, 6) is 1.01. The molecular weight excluding hydrogens is 292 g/mol. The number of carbonyl (C=O) groups is 1. The van der Waals surface area contributed by atoms with Crippen molar-refractivity contribution in [3.8, 4) is 11.5 Å². The summed E-state index contributed by atoms with van der Waals surface area (Å²) in [5.41, 5.74) is 0.750. The van der Waals surface area contributed by atoms with Crippen LogP contribution in [0.25, 0.3) is 17.2 Å². The van der Waals surface area contributed by atoms with Gasteiger partial charge in [0.05, 0.1) is 18.6 Å². The van der Waals surface area contributed by atoms with E-state index in [4.69, 9.17) is 9.15 Å². The second-order valence-corrected chi connectivity index (χ2v) is 4.95. The summed E-state index contributed by atoms with van der Waals surface area (Å²) in [4.78, 5) is 19.8. The van der Waals surface area contributed by atoms with E-state index in [1.807, 2.05) is 6.07 Å². The molecule has 0 amide bonds. The number of esters is 1. The Morgan fingerprint density at radius 3 is 3.14 bits per heavy atom. The van der Waals surface area contributed by atoms with Crippen LogP contribution in [0.2, 0.25) is 0 Å². The van der Waals surface area contributed by atoms with Gasteiger partial charge in [-0.1, -0.05) is 11.8 Å². The summed E-state index contributed by atoms with van der Waals surface area (Å²) in [7, 11) is 0. The highest BCUT2D eigenvalue weighted by atomic mass is 32.2. The van der Waals surface area contributed by atoms with E-state index in [-0.39, 0.29) is 11.7 Å². The molecule has 0 unspecified atom stereocenters. The maximum absolute atomic E-state index is 11.3. The van der Waals surface area contributed by atoms with Gasteiger partial charge < -0.3 is 9.15 Å². The number of ether oxygens (including phenoxy) is 1. The van der Waals surface area contributed by atoms with Crippen LogP contribution in [0, 0.1) is 0 Å². The summed E-state index contributed by atoms with van der Waals surface area (Å²) < 4.78 is 11.8. The van der Waals surface area contributed by atoms with Crippen molar-refractivity contribution in [3.05, 3.63) is 30.7 Å². The first-order chi connectivity index (χ1) is 10.3. The van der Waals surface area contributed by atoms with Gasteiger partial charge in [0.1, 0.15) is 5.69 Å². The lowest BCUT2D eigenvalue weighted by atomic mass is 10.3. The minimum absolute atomic E-state index is 0.167. The molecule has 0 aliphatic heterocycles. The number of nitrogens with zero attached hydrogens (tertiary/aromatic N) is 4. The van der Waals surface area contributed by atoms with E-state index in [0.29, 0.717) is 23.3 Å². The fraction of sp³-hybridized carbons (Fsp3) is 0.231. The number of fused-ring (bicyclic) bond motifs is 1. The maximum Gasteiger partial charge on any atom is 0.316 e. The molecule has 0 aliphatic carbocycles. The predicted octanol–water partition coefficient (Wildman–Crippen LogP) is 2.04. The molecule has 21 heavy (non-hydrogen) atoms. The second kappa shape index (κ2) is 5.96. The van der Waals surface area contributed by atoms with E-state index in [1.54, 1.807) is 36.0 Å². The molecule has 0 spiro atoms. The molecule has 3 heterocycles. The third-order valence-electron chi connectivity index (χ3n) is 2.62. The molecule has 3 aromatic rings. The van der Waals surface area contributed by atoms with Gasteiger partial charge in [-0.3, -0.25) is 4.79 Å². The van der Waals surface area contributed by atoms with Crippen LogP contribution in [0.3, 0.4) is 0 Å². The molecule has 0 N–H and O–H groups in total. The Labute approximate surface area is 124 Å². The Bertz CT molecular complexity index is 754. The van der Waals surface area contributed by atoms with Gasteiger partial charge in [-0.2, -0.15) is 9.50 Å². The van der Waals surface area contributed by atoms with Crippen molar-refractivity contribution in [3.63, 3.8) is 0 Å². The smallest absolute Gasteiger partial charge is 0.316 e. The van der Waals surface area contributed by atoms with E-state index >= 15 is 0 Å². The molecular formula is C13H12N4O3S. The summed E-state index contributed by atoms with van der Waals surface area (Å²) in [5, 5.41) is 4.81. The molecule has 0 bridgehead atoms. The van der Waals surface area contributed by atoms with E-state index in [1.165, 1.54) is 11.8 Å². The number of carbonyl (C=O) groups excluding carboxylic acids is 1. The topological polar surface area (TPSA) is 82.5 Å². The Morgan fingerprint density at radius 1 is 1.48 bits per heavy atom. The van der Waals surface area contributed by atoms with Crippen LogP contribution in [0.5, 0.6) is 0 Å². The molecule has 3 aromatic heterocycles. The van der Waals surface area contributed by atoms with Crippen LogP contribution < -0.4 is 0 Å². The molecule has 8 heteroatoms. The van der Waals surface area contributed by atoms with Crippen molar-refractivity contribution in [2.24, 2.45) is 0 Å².